The summed E-state index contributed by atoms with van der Waals surface area (Å²) in [6, 6.07) is 0. The zero-order valence-electron chi connectivity index (χ0n) is 11.4. The number of carbonyl (C=O) groups excluding carboxylic acids is 1. The summed E-state index contributed by atoms with van der Waals surface area (Å²) >= 11 is 0. The van der Waals surface area contributed by atoms with Gasteiger partial charge in [-0.3, -0.25) is 0 Å². The highest BCUT2D eigenvalue weighted by atomic mass is 28.4. The van der Waals surface area contributed by atoms with Crippen LogP contribution in [0.2, 0.25) is 18.1 Å². The Morgan fingerprint density at radius 1 is 1.38 bits per heavy atom. The average molecular weight is 242 g/mol. The van der Waals surface area contributed by atoms with E-state index in [-0.39, 0.29) is 11.1 Å². The highest BCUT2D eigenvalue weighted by molar-refractivity contribution is 6.74. The van der Waals surface area contributed by atoms with Crippen LogP contribution in [0.15, 0.2) is 12.7 Å². The summed E-state index contributed by atoms with van der Waals surface area (Å²) in [5.41, 5.74) is 0. The second-order valence-electron chi connectivity index (χ2n) is 5.77. The van der Waals surface area contributed by atoms with Crippen molar-refractivity contribution in [1.29, 1.82) is 0 Å². The summed E-state index contributed by atoms with van der Waals surface area (Å²) in [4.78, 5) is 10.6. The van der Waals surface area contributed by atoms with Crippen LogP contribution in [0.5, 0.6) is 0 Å². The van der Waals surface area contributed by atoms with Gasteiger partial charge in [0.1, 0.15) is 6.29 Å². The minimum atomic E-state index is -1.75. The van der Waals surface area contributed by atoms with Crippen molar-refractivity contribution in [3.8, 4) is 0 Å². The molecule has 0 aromatic rings. The SMILES string of the molecule is C=CCC[C@H](CC=O)O[Si](C)(C)C(C)(C)C. The van der Waals surface area contributed by atoms with Gasteiger partial charge in [-0.15, -0.1) is 6.58 Å². The van der Waals surface area contributed by atoms with Crippen molar-refractivity contribution in [2.45, 2.75) is 64.3 Å². The molecule has 0 aliphatic rings. The molecule has 1 atom stereocenters. The summed E-state index contributed by atoms with van der Waals surface area (Å²) in [5.74, 6) is 0. The fourth-order valence-corrected chi connectivity index (χ4v) is 2.63. The Bertz CT molecular complexity index is 229. The molecule has 0 radical (unpaired) electrons. The monoisotopic (exact) mass is 242 g/mol. The number of rotatable bonds is 7. The molecule has 0 unspecified atom stereocenters. The Balaban J connectivity index is 4.47. The molecule has 94 valence electrons. The molecular weight excluding hydrogens is 216 g/mol. The quantitative estimate of drug-likeness (QED) is 0.384. The molecule has 0 aliphatic carbocycles. The van der Waals surface area contributed by atoms with Crippen LogP contribution in [0.3, 0.4) is 0 Å². The van der Waals surface area contributed by atoms with E-state index in [1.54, 1.807) is 0 Å². The van der Waals surface area contributed by atoms with E-state index < -0.39 is 8.32 Å². The molecule has 0 fully saturated rings. The van der Waals surface area contributed by atoms with E-state index in [1.165, 1.54) is 0 Å². The summed E-state index contributed by atoms with van der Waals surface area (Å²) < 4.78 is 6.20. The van der Waals surface area contributed by atoms with E-state index in [4.69, 9.17) is 4.43 Å². The fourth-order valence-electron chi connectivity index (χ4n) is 1.23. The van der Waals surface area contributed by atoms with Gasteiger partial charge < -0.3 is 9.22 Å². The van der Waals surface area contributed by atoms with Gasteiger partial charge in [-0.05, 0) is 31.0 Å². The van der Waals surface area contributed by atoms with Gasteiger partial charge in [0, 0.05) is 6.42 Å². The standard InChI is InChI=1S/C13H26O2Si/c1-7-8-9-12(10-11-14)15-16(5,6)13(2,3)4/h7,11-12H,1,8-10H2,2-6H3/t12-/m1/s1. The zero-order valence-corrected chi connectivity index (χ0v) is 12.4. The Kier molecular flexibility index (Phi) is 6.19. The molecule has 0 heterocycles. The van der Waals surface area contributed by atoms with Crippen LogP contribution in [-0.2, 0) is 9.22 Å². The van der Waals surface area contributed by atoms with Crippen LogP contribution >= 0.6 is 0 Å². The molecular formula is C13H26O2Si. The third-order valence-corrected chi connectivity index (χ3v) is 7.85. The Hall–Kier alpha value is -0.413. The van der Waals surface area contributed by atoms with Gasteiger partial charge in [-0.2, -0.15) is 0 Å². The van der Waals surface area contributed by atoms with Crippen LogP contribution in [0, 0.1) is 0 Å². The van der Waals surface area contributed by atoms with E-state index in [0.29, 0.717) is 6.42 Å². The van der Waals surface area contributed by atoms with Crippen LogP contribution in [0.1, 0.15) is 40.0 Å². The largest absolute Gasteiger partial charge is 0.413 e. The van der Waals surface area contributed by atoms with E-state index in [1.807, 2.05) is 6.08 Å². The topological polar surface area (TPSA) is 26.3 Å². The summed E-state index contributed by atoms with van der Waals surface area (Å²) in [7, 11) is -1.75. The van der Waals surface area contributed by atoms with Gasteiger partial charge in [0.25, 0.3) is 0 Å². The van der Waals surface area contributed by atoms with Crippen molar-refractivity contribution in [3.63, 3.8) is 0 Å². The normalized spacial score (nSPS) is 14.6. The lowest BCUT2D eigenvalue weighted by molar-refractivity contribution is -0.109. The van der Waals surface area contributed by atoms with Gasteiger partial charge in [0.2, 0.25) is 0 Å². The molecule has 16 heavy (non-hydrogen) atoms. The lowest BCUT2D eigenvalue weighted by atomic mass is 10.1. The lowest BCUT2D eigenvalue weighted by Crippen LogP contribution is -2.44. The number of hydrogen-bond acceptors (Lipinski definition) is 2. The van der Waals surface area contributed by atoms with Crippen LogP contribution in [0.4, 0.5) is 0 Å². The molecule has 3 heteroatoms. The fraction of sp³-hybridized carbons (Fsp3) is 0.769. The smallest absolute Gasteiger partial charge is 0.192 e. The first-order valence-corrected chi connectivity index (χ1v) is 8.88. The van der Waals surface area contributed by atoms with Crippen molar-refractivity contribution in [2.75, 3.05) is 0 Å². The van der Waals surface area contributed by atoms with Crippen molar-refractivity contribution >= 4 is 14.6 Å². The first-order valence-electron chi connectivity index (χ1n) is 5.97. The highest BCUT2D eigenvalue weighted by Gasteiger charge is 2.38. The molecule has 0 saturated carbocycles. The molecule has 0 bridgehead atoms. The third kappa shape index (κ3) is 5.08. The van der Waals surface area contributed by atoms with Crippen LogP contribution in [-0.4, -0.2) is 20.7 Å². The first kappa shape index (κ1) is 15.6. The van der Waals surface area contributed by atoms with E-state index in [9.17, 15) is 4.79 Å². The molecule has 0 amide bonds. The minimum Gasteiger partial charge on any atom is -0.413 e. The Labute approximate surface area is 101 Å². The van der Waals surface area contributed by atoms with E-state index >= 15 is 0 Å². The van der Waals surface area contributed by atoms with E-state index in [2.05, 4.69) is 40.4 Å². The van der Waals surface area contributed by atoms with Crippen LogP contribution < -0.4 is 0 Å². The first-order chi connectivity index (χ1) is 7.24. The van der Waals surface area contributed by atoms with Crippen molar-refractivity contribution < 1.29 is 9.22 Å². The number of hydrogen-bond donors (Lipinski definition) is 0. The molecule has 0 N–H and O–H groups in total. The second-order valence-corrected chi connectivity index (χ2v) is 10.5. The number of allylic oxidation sites excluding steroid dienone is 1. The number of carbonyl (C=O) groups is 1. The maximum atomic E-state index is 10.6. The van der Waals surface area contributed by atoms with Crippen molar-refractivity contribution in [2.24, 2.45) is 0 Å². The third-order valence-electron chi connectivity index (χ3n) is 3.32. The summed E-state index contributed by atoms with van der Waals surface area (Å²) in [6.07, 6.45) is 5.21. The molecule has 2 nitrogen and oxygen atoms in total. The van der Waals surface area contributed by atoms with Gasteiger partial charge in [-0.25, -0.2) is 0 Å². The van der Waals surface area contributed by atoms with Gasteiger partial charge in [0.15, 0.2) is 8.32 Å². The van der Waals surface area contributed by atoms with Gasteiger partial charge >= 0.3 is 0 Å². The summed E-state index contributed by atoms with van der Waals surface area (Å²) in [5, 5.41) is 0.197. The summed E-state index contributed by atoms with van der Waals surface area (Å²) in [6.45, 7) is 14.8. The van der Waals surface area contributed by atoms with E-state index in [0.717, 1.165) is 19.1 Å². The molecule has 0 spiro atoms. The van der Waals surface area contributed by atoms with Gasteiger partial charge in [-0.1, -0.05) is 26.8 Å². The number of aldehydes is 1. The molecule has 0 aliphatic heterocycles. The lowest BCUT2D eigenvalue weighted by Gasteiger charge is -2.39. The average Bonchev–Trinajstić information content (AvgIpc) is 2.12. The maximum Gasteiger partial charge on any atom is 0.192 e. The highest BCUT2D eigenvalue weighted by Crippen LogP contribution is 2.37. The molecule has 0 aromatic carbocycles. The molecule has 0 saturated heterocycles. The minimum absolute atomic E-state index is 0.0661. The molecule has 0 rings (SSSR count). The Morgan fingerprint density at radius 2 is 1.94 bits per heavy atom. The predicted octanol–water partition coefficient (Wildman–Crippen LogP) is 3.93. The second kappa shape index (κ2) is 6.35. The Morgan fingerprint density at radius 3 is 2.31 bits per heavy atom. The van der Waals surface area contributed by atoms with Crippen LogP contribution in [0.25, 0.3) is 0 Å². The zero-order chi connectivity index (χ0) is 12.8. The maximum absolute atomic E-state index is 10.6. The van der Waals surface area contributed by atoms with Crippen molar-refractivity contribution in [3.05, 3.63) is 12.7 Å². The predicted molar refractivity (Wildman–Crippen MR) is 72.2 cm³/mol. The molecule has 0 aromatic heterocycles. The van der Waals surface area contributed by atoms with Gasteiger partial charge in [0.05, 0.1) is 6.10 Å². The van der Waals surface area contributed by atoms with Crippen molar-refractivity contribution in [1.82, 2.24) is 0 Å².